The summed E-state index contributed by atoms with van der Waals surface area (Å²) in [6.07, 6.45) is 7.09. The Kier molecular flexibility index (Phi) is 3.99. The molecule has 2 aromatic heterocycles. The van der Waals surface area contributed by atoms with Crippen LogP contribution in [0.3, 0.4) is 0 Å². The molecule has 0 spiro atoms. The highest BCUT2D eigenvalue weighted by Crippen LogP contribution is 2.18. The third-order valence-electron chi connectivity index (χ3n) is 2.99. The van der Waals surface area contributed by atoms with Crippen molar-refractivity contribution in [1.29, 1.82) is 0 Å². The molecule has 2 heterocycles. The van der Waals surface area contributed by atoms with Crippen molar-refractivity contribution in [1.82, 2.24) is 15.0 Å². The molecule has 0 fully saturated rings. The molecule has 94 valence electrons. The molecule has 1 unspecified atom stereocenters. The number of hydrogen-bond donors (Lipinski definition) is 1. The van der Waals surface area contributed by atoms with Gasteiger partial charge < -0.3 is 5.73 Å². The lowest BCUT2D eigenvalue weighted by Crippen LogP contribution is -2.22. The third-order valence-corrected chi connectivity index (χ3v) is 2.99. The molecule has 0 amide bonds. The summed E-state index contributed by atoms with van der Waals surface area (Å²) in [4.78, 5) is 13.0. The summed E-state index contributed by atoms with van der Waals surface area (Å²) in [7, 11) is 0. The van der Waals surface area contributed by atoms with Crippen molar-refractivity contribution in [2.24, 2.45) is 5.73 Å². The molecule has 0 aromatic carbocycles. The minimum Gasteiger partial charge on any atom is -0.327 e. The lowest BCUT2D eigenvalue weighted by molar-refractivity contribution is 0.636. The normalized spacial score (nSPS) is 12.4. The lowest BCUT2D eigenvalue weighted by atomic mass is 10.1. The summed E-state index contributed by atoms with van der Waals surface area (Å²) >= 11 is 0. The highest BCUT2D eigenvalue weighted by Gasteiger charge is 2.08. The smallest absolute Gasteiger partial charge is 0.161 e. The second-order valence-electron chi connectivity index (χ2n) is 4.43. The summed E-state index contributed by atoms with van der Waals surface area (Å²) in [5, 5.41) is 0. The van der Waals surface area contributed by atoms with Crippen molar-refractivity contribution in [3.8, 4) is 11.4 Å². The Labute approximate surface area is 107 Å². The average Bonchev–Trinajstić information content (AvgIpc) is 2.39. The van der Waals surface area contributed by atoms with E-state index in [1.165, 1.54) is 0 Å². The molecule has 0 aliphatic carbocycles. The van der Waals surface area contributed by atoms with Gasteiger partial charge in [0.1, 0.15) is 0 Å². The fourth-order valence-corrected chi connectivity index (χ4v) is 1.75. The van der Waals surface area contributed by atoms with E-state index in [0.717, 1.165) is 35.5 Å². The Balaban J connectivity index is 2.30. The van der Waals surface area contributed by atoms with Crippen molar-refractivity contribution in [3.63, 3.8) is 0 Å². The molecule has 4 heteroatoms. The summed E-state index contributed by atoms with van der Waals surface area (Å²) < 4.78 is 0. The first-order valence-corrected chi connectivity index (χ1v) is 6.19. The van der Waals surface area contributed by atoms with Crippen molar-refractivity contribution in [2.75, 3.05) is 0 Å². The molecular formula is C14H18N4. The van der Waals surface area contributed by atoms with Crippen LogP contribution in [0.4, 0.5) is 0 Å². The van der Waals surface area contributed by atoms with E-state index >= 15 is 0 Å². The zero-order valence-electron chi connectivity index (χ0n) is 10.8. The summed E-state index contributed by atoms with van der Waals surface area (Å²) in [5.41, 5.74) is 9.04. The van der Waals surface area contributed by atoms with Crippen LogP contribution < -0.4 is 5.73 Å². The molecule has 0 aliphatic heterocycles. The lowest BCUT2D eigenvalue weighted by Gasteiger charge is -2.09. The van der Waals surface area contributed by atoms with E-state index in [-0.39, 0.29) is 6.04 Å². The first-order chi connectivity index (χ1) is 8.70. The summed E-state index contributed by atoms with van der Waals surface area (Å²) in [6, 6.07) is 4.04. The molecule has 0 saturated heterocycles. The summed E-state index contributed by atoms with van der Waals surface area (Å²) in [6.45, 7) is 4.11. The van der Waals surface area contributed by atoms with Crippen LogP contribution in [0.15, 0.2) is 30.7 Å². The number of nitrogens with two attached hydrogens (primary N) is 1. The van der Waals surface area contributed by atoms with Crippen LogP contribution in [0, 0.1) is 6.92 Å². The first kappa shape index (κ1) is 12.6. The molecule has 1 atom stereocenters. The minimum absolute atomic E-state index is 0.155. The molecule has 2 rings (SSSR count). The van der Waals surface area contributed by atoms with Gasteiger partial charge in [0.15, 0.2) is 5.82 Å². The van der Waals surface area contributed by atoms with Crippen LogP contribution in [0.5, 0.6) is 0 Å². The average molecular weight is 242 g/mol. The van der Waals surface area contributed by atoms with Gasteiger partial charge >= 0.3 is 0 Å². The maximum absolute atomic E-state index is 5.95. The highest BCUT2D eigenvalue weighted by molar-refractivity contribution is 5.57. The zero-order chi connectivity index (χ0) is 13.0. The SMILES string of the molecule is CCC(N)Cc1ccnc(-c2cnccc2C)n1. The predicted octanol–water partition coefficient (Wildman–Crippen LogP) is 2.13. The van der Waals surface area contributed by atoms with E-state index in [0.29, 0.717) is 0 Å². The van der Waals surface area contributed by atoms with Crippen molar-refractivity contribution < 1.29 is 0 Å². The minimum atomic E-state index is 0.155. The van der Waals surface area contributed by atoms with Gasteiger partial charge in [0.05, 0.1) is 0 Å². The van der Waals surface area contributed by atoms with Crippen LogP contribution in [-0.4, -0.2) is 21.0 Å². The van der Waals surface area contributed by atoms with Gasteiger partial charge in [-0.3, -0.25) is 4.98 Å². The van der Waals surface area contributed by atoms with Gasteiger partial charge in [0.25, 0.3) is 0 Å². The van der Waals surface area contributed by atoms with Gasteiger partial charge in [-0.15, -0.1) is 0 Å². The fourth-order valence-electron chi connectivity index (χ4n) is 1.75. The number of aryl methyl sites for hydroxylation is 1. The highest BCUT2D eigenvalue weighted by atomic mass is 14.9. The van der Waals surface area contributed by atoms with Gasteiger partial charge in [0, 0.05) is 42.3 Å². The molecular weight excluding hydrogens is 224 g/mol. The molecule has 4 nitrogen and oxygen atoms in total. The van der Waals surface area contributed by atoms with Gasteiger partial charge in [-0.05, 0) is 31.0 Å². The Morgan fingerprint density at radius 1 is 1.28 bits per heavy atom. The van der Waals surface area contributed by atoms with E-state index in [2.05, 4.69) is 21.9 Å². The van der Waals surface area contributed by atoms with Gasteiger partial charge in [-0.2, -0.15) is 0 Å². The standard InChI is InChI=1S/C14H18N4/c1-3-11(15)8-12-5-7-17-14(18-12)13-9-16-6-4-10(13)2/h4-7,9,11H,3,8,15H2,1-2H3. The number of aromatic nitrogens is 3. The molecule has 2 N–H and O–H groups in total. The van der Waals surface area contributed by atoms with Crippen LogP contribution >= 0.6 is 0 Å². The molecule has 0 radical (unpaired) electrons. The van der Waals surface area contributed by atoms with Crippen LogP contribution in [0.1, 0.15) is 24.6 Å². The van der Waals surface area contributed by atoms with Gasteiger partial charge in [0.2, 0.25) is 0 Å². The predicted molar refractivity (Wildman–Crippen MR) is 72.0 cm³/mol. The van der Waals surface area contributed by atoms with E-state index < -0.39 is 0 Å². The van der Waals surface area contributed by atoms with Crippen molar-refractivity contribution in [3.05, 3.63) is 42.0 Å². The Bertz CT molecular complexity index is 525. The van der Waals surface area contributed by atoms with Gasteiger partial charge in [-0.25, -0.2) is 9.97 Å². The van der Waals surface area contributed by atoms with E-state index in [1.807, 2.05) is 19.1 Å². The number of pyridine rings is 1. The molecule has 0 saturated carbocycles. The zero-order valence-corrected chi connectivity index (χ0v) is 10.8. The number of rotatable bonds is 4. The fraction of sp³-hybridized carbons (Fsp3) is 0.357. The Hall–Kier alpha value is -1.81. The summed E-state index contributed by atoms with van der Waals surface area (Å²) in [5.74, 6) is 0.724. The maximum Gasteiger partial charge on any atom is 0.161 e. The topological polar surface area (TPSA) is 64.7 Å². The first-order valence-electron chi connectivity index (χ1n) is 6.19. The van der Waals surface area contributed by atoms with E-state index in [4.69, 9.17) is 5.73 Å². The van der Waals surface area contributed by atoms with E-state index in [9.17, 15) is 0 Å². The number of hydrogen-bond acceptors (Lipinski definition) is 4. The monoisotopic (exact) mass is 242 g/mol. The second kappa shape index (κ2) is 5.69. The van der Waals surface area contributed by atoms with Crippen LogP contribution in [-0.2, 0) is 6.42 Å². The van der Waals surface area contributed by atoms with Crippen LogP contribution in [0.25, 0.3) is 11.4 Å². The third kappa shape index (κ3) is 2.90. The largest absolute Gasteiger partial charge is 0.327 e. The van der Waals surface area contributed by atoms with E-state index in [1.54, 1.807) is 18.6 Å². The second-order valence-corrected chi connectivity index (χ2v) is 4.43. The van der Waals surface area contributed by atoms with Gasteiger partial charge in [-0.1, -0.05) is 6.92 Å². The van der Waals surface area contributed by atoms with Crippen LogP contribution in [0.2, 0.25) is 0 Å². The molecule has 0 aliphatic rings. The van der Waals surface area contributed by atoms with Crippen molar-refractivity contribution >= 4 is 0 Å². The Morgan fingerprint density at radius 3 is 2.83 bits per heavy atom. The maximum atomic E-state index is 5.95. The Morgan fingerprint density at radius 2 is 2.11 bits per heavy atom. The molecule has 2 aromatic rings. The molecule has 18 heavy (non-hydrogen) atoms. The molecule has 0 bridgehead atoms. The quantitative estimate of drug-likeness (QED) is 0.892. The number of nitrogens with zero attached hydrogens (tertiary/aromatic N) is 3. The van der Waals surface area contributed by atoms with Crippen molar-refractivity contribution in [2.45, 2.75) is 32.7 Å².